The fourth-order valence-corrected chi connectivity index (χ4v) is 6.55. The van der Waals surface area contributed by atoms with Crippen molar-refractivity contribution in [1.29, 1.82) is 0 Å². The molecular weight excluding hydrogens is 660 g/mol. The van der Waals surface area contributed by atoms with Crippen LogP contribution in [-0.4, -0.2) is 48.4 Å². The molecule has 1 atom stereocenters. The van der Waals surface area contributed by atoms with Crippen molar-refractivity contribution in [2.45, 2.75) is 97.2 Å². The smallest absolute Gasteiger partial charge is 0.335 e. The quantitative estimate of drug-likeness (QED) is 0.0818. The van der Waals surface area contributed by atoms with Crippen LogP contribution in [0.5, 0.6) is 17.5 Å². The first-order chi connectivity index (χ1) is 25.4. The zero-order chi connectivity index (χ0) is 36.9. The van der Waals surface area contributed by atoms with Gasteiger partial charge in [0.2, 0.25) is 0 Å². The highest BCUT2D eigenvalue weighted by Crippen LogP contribution is 2.33. The molecule has 0 aliphatic carbocycles. The van der Waals surface area contributed by atoms with Gasteiger partial charge < -0.3 is 24.5 Å². The third kappa shape index (κ3) is 8.90. The van der Waals surface area contributed by atoms with Gasteiger partial charge in [-0.1, -0.05) is 107 Å². The molecule has 52 heavy (non-hydrogen) atoms. The molecule has 0 saturated heterocycles. The van der Waals surface area contributed by atoms with E-state index in [1.165, 1.54) is 50.2 Å². The molecule has 1 amide bonds. The topological polar surface area (TPSA) is 142 Å². The van der Waals surface area contributed by atoms with Crippen LogP contribution < -0.4 is 26.0 Å². The van der Waals surface area contributed by atoms with Crippen molar-refractivity contribution in [2.24, 2.45) is 0 Å². The van der Waals surface area contributed by atoms with Crippen molar-refractivity contribution in [1.82, 2.24) is 23.7 Å². The number of benzene rings is 2. The summed E-state index contributed by atoms with van der Waals surface area (Å²) in [5, 5.41) is 14.9. The Morgan fingerprint density at radius 3 is 2.21 bits per heavy atom. The molecule has 1 unspecified atom stereocenters. The highest BCUT2D eigenvalue weighted by atomic mass is 16.5. The van der Waals surface area contributed by atoms with Gasteiger partial charge in [0.05, 0.1) is 31.3 Å². The van der Waals surface area contributed by atoms with E-state index in [4.69, 9.17) is 9.47 Å². The molecule has 0 spiro atoms. The molecule has 0 bridgehead atoms. The van der Waals surface area contributed by atoms with Crippen LogP contribution in [0.1, 0.15) is 95.5 Å². The molecule has 12 heteroatoms. The van der Waals surface area contributed by atoms with E-state index >= 15 is 0 Å². The van der Waals surface area contributed by atoms with Gasteiger partial charge in [-0.05, 0) is 43.2 Å². The minimum absolute atomic E-state index is 0.0307. The van der Waals surface area contributed by atoms with Crippen LogP contribution in [0.25, 0.3) is 11.0 Å². The minimum atomic E-state index is -1.60. The Morgan fingerprint density at radius 2 is 1.52 bits per heavy atom. The molecule has 5 aromatic rings. The van der Waals surface area contributed by atoms with Crippen LogP contribution in [0, 0.1) is 0 Å². The monoisotopic (exact) mass is 710 g/mol. The molecule has 2 N–H and O–H groups in total. The Bertz CT molecular complexity index is 2040. The summed E-state index contributed by atoms with van der Waals surface area (Å²) in [4.78, 5) is 51.7. The standard InChI is InChI=1S/C40H50N6O6/c1-4-6-7-8-9-10-11-12-13-19-27-44-34-30(23-20-26-41-34)36(47)43-35(44)33(37(48)42-31-24-17-18-25-32(31)51-3)46-38(49)39(52-5-2)45(40(46)50)28-29-21-15-14-16-22-29/h14-18,20-26,33,49H,4-13,19,27-28H2,1-3H3,(H,42,48). The number of ether oxygens (including phenoxy) is 2. The highest BCUT2D eigenvalue weighted by molar-refractivity contribution is 5.97. The van der Waals surface area contributed by atoms with Crippen LogP contribution in [0.4, 0.5) is 5.69 Å². The summed E-state index contributed by atoms with van der Waals surface area (Å²) in [5.41, 5.74) is 0.136. The van der Waals surface area contributed by atoms with Crippen LogP contribution in [0.3, 0.4) is 0 Å². The maximum absolute atomic E-state index is 14.6. The van der Waals surface area contributed by atoms with E-state index in [2.05, 4.69) is 22.2 Å². The third-order valence-corrected chi connectivity index (χ3v) is 9.18. The molecule has 276 valence electrons. The van der Waals surface area contributed by atoms with E-state index in [1.54, 1.807) is 54.1 Å². The van der Waals surface area contributed by atoms with E-state index in [9.17, 15) is 19.5 Å². The lowest BCUT2D eigenvalue weighted by Gasteiger charge is -2.23. The number of carbonyl (C=O) groups is 1. The Kier molecular flexibility index (Phi) is 13.6. The number of hydrogen-bond acceptors (Lipinski definition) is 8. The number of unbranched alkanes of at least 4 members (excludes halogenated alkanes) is 9. The summed E-state index contributed by atoms with van der Waals surface area (Å²) in [6.45, 7) is 4.54. The van der Waals surface area contributed by atoms with Crippen molar-refractivity contribution in [3.63, 3.8) is 0 Å². The summed E-state index contributed by atoms with van der Waals surface area (Å²) in [7, 11) is 1.48. The van der Waals surface area contributed by atoms with Crippen LogP contribution in [0.2, 0.25) is 0 Å². The average Bonchev–Trinajstić information content (AvgIpc) is 3.38. The second kappa shape index (κ2) is 18.7. The Labute approximate surface area is 304 Å². The number of aromatic nitrogens is 5. The van der Waals surface area contributed by atoms with Gasteiger partial charge >= 0.3 is 5.69 Å². The normalized spacial score (nSPS) is 11.8. The maximum atomic E-state index is 14.6. The summed E-state index contributed by atoms with van der Waals surface area (Å²) in [6, 6.07) is 17.8. The van der Waals surface area contributed by atoms with Crippen LogP contribution >= 0.6 is 0 Å². The number of pyridine rings is 1. The molecule has 0 saturated carbocycles. The number of anilines is 1. The number of methoxy groups -OCH3 is 1. The lowest BCUT2D eigenvalue weighted by atomic mass is 10.1. The first-order valence-corrected chi connectivity index (χ1v) is 18.4. The lowest BCUT2D eigenvalue weighted by molar-refractivity contribution is -0.118. The van der Waals surface area contributed by atoms with Crippen molar-refractivity contribution in [2.75, 3.05) is 19.0 Å². The number of amides is 1. The third-order valence-electron chi connectivity index (χ3n) is 9.18. The fraction of sp³-hybridized carbons (Fsp3) is 0.425. The van der Waals surface area contributed by atoms with Gasteiger partial charge in [-0.15, -0.1) is 0 Å². The molecule has 0 aliphatic rings. The van der Waals surface area contributed by atoms with Crippen molar-refractivity contribution in [3.05, 3.63) is 105 Å². The fourth-order valence-electron chi connectivity index (χ4n) is 6.55. The first kappa shape index (κ1) is 37.9. The number of fused-ring (bicyclic) bond motifs is 1. The van der Waals surface area contributed by atoms with E-state index in [0.717, 1.165) is 35.8 Å². The van der Waals surface area contributed by atoms with Gasteiger partial charge in [0.1, 0.15) is 17.2 Å². The number of rotatable bonds is 20. The minimum Gasteiger partial charge on any atom is -0.495 e. The highest BCUT2D eigenvalue weighted by Gasteiger charge is 2.36. The van der Waals surface area contributed by atoms with Crippen LogP contribution in [0.15, 0.2) is 82.5 Å². The lowest BCUT2D eigenvalue weighted by Crippen LogP contribution is -2.38. The van der Waals surface area contributed by atoms with E-state index < -0.39 is 29.1 Å². The van der Waals surface area contributed by atoms with E-state index in [1.807, 2.05) is 30.3 Å². The van der Waals surface area contributed by atoms with Crippen molar-refractivity contribution < 1.29 is 19.4 Å². The number of hydrogen-bond donors (Lipinski definition) is 2. The predicted molar refractivity (Wildman–Crippen MR) is 202 cm³/mol. The van der Waals surface area contributed by atoms with Crippen molar-refractivity contribution in [3.8, 4) is 17.5 Å². The summed E-state index contributed by atoms with van der Waals surface area (Å²) < 4.78 is 15.3. The Morgan fingerprint density at radius 1 is 0.846 bits per heavy atom. The number of aryl methyl sites for hydroxylation is 1. The average molecular weight is 711 g/mol. The van der Waals surface area contributed by atoms with Crippen molar-refractivity contribution >= 4 is 22.6 Å². The molecule has 0 aliphatic heterocycles. The zero-order valence-corrected chi connectivity index (χ0v) is 30.4. The largest absolute Gasteiger partial charge is 0.495 e. The molecule has 12 nitrogen and oxygen atoms in total. The van der Waals surface area contributed by atoms with Gasteiger partial charge in [-0.25, -0.2) is 14.3 Å². The van der Waals surface area contributed by atoms with Gasteiger partial charge in [0.15, 0.2) is 6.04 Å². The van der Waals surface area contributed by atoms with Gasteiger partial charge in [0, 0.05) is 12.7 Å². The number of nitrogens with zero attached hydrogens (tertiary/aromatic N) is 5. The number of nitrogens with one attached hydrogen (secondary N) is 1. The number of carbonyl (C=O) groups excluding carboxylic acids is 1. The molecular formula is C40H50N6O6. The van der Waals surface area contributed by atoms with E-state index in [-0.39, 0.29) is 30.2 Å². The summed E-state index contributed by atoms with van der Waals surface area (Å²) in [5.74, 6) is -1.03. The molecule has 2 aromatic carbocycles. The maximum Gasteiger partial charge on any atom is 0.335 e. The zero-order valence-electron chi connectivity index (χ0n) is 30.4. The first-order valence-electron chi connectivity index (χ1n) is 18.4. The van der Waals surface area contributed by atoms with Crippen LogP contribution in [-0.2, 0) is 17.9 Å². The van der Waals surface area contributed by atoms with E-state index in [0.29, 0.717) is 23.6 Å². The summed E-state index contributed by atoms with van der Waals surface area (Å²) in [6.07, 6.45) is 12.9. The molecule has 5 rings (SSSR count). The SMILES string of the molecule is CCCCCCCCCCCCn1c(C(C(=O)Nc2ccccc2OC)n2c(O)c(OCC)n(Cc3ccccc3)c2=O)nc(=O)c2cccnc21. The Hall–Kier alpha value is -5.39. The second-order valence-corrected chi connectivity index (χ2v) is 12.9. The summed E-state index contributed by atoms with van der Waals surface area (Å²) >= 11 is 0. The molecule has 3 aromatic heterocycles. The van der Waals surface area contributed by atoms with Gasteiger partial charge in [0.25, 0.3) is 23.2 Å². The van der Waals surface area contributed by atoms with Gasteiger partial charge in [-0.3, -0.25) is 14.2 Å². The predicted octanol–water partition coefficient (Wildman–Crippen LogP) is 7.06. The molecule has 3 heterocycles. The Balaban J connectivity index is 1.59. The molecule has 0 fully saturated rings. The number of aromatic hydroxyl groups is 1. The second-order valence-electron chi connectivity index (χ2n) is 12.9. The molecule has 0 radical (unpaired) electrons. The van der Waals surface area contributed by atoms with Gasteiger partial charge in [-0.2, -0.15) is 4.98 Å². The number of para-hydroxylation sites is 2. The number of imidazole rings is 1.